The summed E-state index contributed by atoms with van der Waals surface area (Å²) in [6, 6.07) is 7.29. The lowest BCUT2D eigenvalue weighted by atomic mass is 10.3. The van der Waals surface area contributed by atoms with Crippen molar-refractivity contribution in [2.45, 2.75) is 0 Å². The average Bonchev–Trinajstić information content (AvgIpc) is 2.60. The molecule has 13 heavy (non-hydrogen) atoms. The summed E-state index contributed by atoms with van der Waals surface area (Å²) in [6.07, 6.45) is 0.882. The van der Waals surface area contributed by atoms with E-state index in [1.54, 1.807) is 12.3 Å². The van der Waals surface area contributed by atoms with Crippen LogP contribution in [0.15, 0.2) is 30.5 Å². The molecule has 5 heteroatoms. The molecule has 0 atom stereocenters. The van der Waals surface area contributed by atoms with Crippen molar-refractivity contribution < 1.29 is 9.63 Å². The molecular weight excluding hydrogens is 170 g/mol. The highest BCUT2D eigenvalue weighted by molar-refractivity contribution is 5.87. The Balaban J connectivity index is 2.64. The van der Waals surface area contributed by atoms with Crippen LogP contribution in [0, 0.1) is 0 Å². The van der Waals surface area contributed by atoms with Gasteiger partial charge in [-0.3, -0.25) is 0 Å². The molecule has 0 spiro atoms. The Morgan fingerprint density at radius 3 is 3.00 bits per heavy atom. The van der Waals surface area contributed by atoms with Crippen LogP contribution in [-0.4, -0.2) is 15.9 Å². The molecule has 0 saturated heterocycles. The van der Waals surface area contributed by atoms with Gasteiger partial charge in [-0.05, 0) is 6.07 Å². The molecule has 2 aromatic rings. The molecule has 0 bridgehead atoms. The van der Waals surface area contributed by atoms with Crippen LogP contribution in [0.1, 0.15) is 0 Å². The molecule has 0 aliphatic heterocycles. The first-order valence-corrected chi connectivity index (χ1v) is 3.67. The van der Waals surface area contributed by atoms with Crippen LogP contribution in [0.3, 0.4) is 0 Å². The van der Waals surface area contributed by atoms with Crippen molar-refractivity contribution in [3.8, 4) is 0 Å². The van der Waals surface area contributed by atoms with E-state index in [2.05, 4.69) is 9.94 Å². The Morgan fingerprint density at radius 1 is 1.46 bits per heavy atom. The van der Waals surface area contributed by atoms with Gasteiger partial charge in [0.25, 0.3) is 0 Å². The van der Waals surface area contributed by atoms with Crippen LogP contribution in [-0.2, 0) is 4.84 Å². The monoisotopic (exact) mass is 177 g/mol. The lowest BCUT2D eigenvalue weighted by Crippen LogP contribution is -2.18. The molecule has 0 aliphatic rings. The van der Waals surface area contributed by atoms with Crippen molar-refractivity contribution in [2.24, 2.45) is 5.90 Å². The third-order valence-electron chi connectivity index (χ3n) is 1.75. The zero-order chi connectivity index (χ0) is 9.26. The van der Waals surface area contributed by atoms with Crippen LogP contribution < -0.4 is 5.90 Å². The van der Waals surface area contributed by atoms with E-state index in [0.29, 0.717) is 5.52 Å². The van der Waals surface area contributed by atoms with Crippen LogP contribution in [0.4, 0.5) is 4.79 Å². The SMILES string of the molecule is NOC(=O)n1ncc2ccccc21. The van der Waals surface area contributed by atoms with Gasteiger partial charge < -0.3 is 4.84 Å². The first kappa shape index (κ1) is 7.75. The molecule has 2 rings (SSSR count). The molecule has 2 N–H and O–H groups in total. The topological polar surface area (TPSA) is 70.1 Å². The maximum Gasteiger partial charge on any atom is 0.453 e. The quantitative estimate of drug-likeness (QED) is 0.607. The molecule has 1 aromatic heterocycles. The molecule has 5 nitrogen and oxygen atoms in total. The number of aromatic nitrogens is 2. The molecule has 0 saturated carbocycles. The maximum absolute atomic E-state index is 11.0. The van der Waals surface area contributed by atoms with Crippen LogP contribution >= 0.6 is 0 Å². The Hall–Kier alpha value is -1.88. The number of nitrogens with two attached hydrogens (primary N) is 1. The second-order valence-electron chi connectivity index (χ2n) is 2.50. The van der Waals surface area contributed by atoms with Crippen molar-refractivity contribution in [1.29, 1.82) is 0 Å². The number of carbonyl (C=O) groups is 1. The van der Waals surface area contributed by atoms with E-state index >= 15 is 0 Å². The van der Waals surface area contributed by atoms with Gasteiger partial charge in [0.15, 0.2) is 0 Å². The highest BCUT2D eigenvalue weighted by atomic mass is 16.7. The minimum Gasteiger partial charge on any atom is -0.355 e. The van der Waals surface area contributed by atoms with E-state index in [1.165, 1.54) is 0 Å². The van der Waals surface area contributed by atoms with E-state index in [-0.39, 0.29) is 0 Å². The van der Waals surface area contributed by atoms with Gasteiger partial charge in [-0.2, -0.15) is 15.7 Å². The summed E-state index contributed by atoms with van der Waals surface area (Å²) >= 11 is 0. The Kier molecular flexibility index (Phi) is 1.71. The summed E-state index contributed by atoms with van der Waals surface area (Å²) < 4.78 is 1.11. The van der Waals surface area contributed by atoms with Gasteiger partial charge in [0.2, 0.25) is 0 Å². The van der Waals surface area contributed by atoms with E-state index in [9.17, 15) is 4.79 Å². The lowest BCUT2D eigenvalue weighted by molar-refractivity contribution is 0.147. The number of carbonyl (C=O) groups excluding carboxylic acids is 1. The van der Waals surface area contributed by atoms with Gasteiger partial charge in [0.05, 0.1) is 11.7 Å². The smallest absolute Gasteiger partial charge is 0.355 e. The van der Waals surface area contributed by atoms with E-state index in [1.807, 2.05) is 18.2 Å². The minimum atomic E-state index is -0.693. The summed E-state index contributed by atoms with van der Waals surface area (Å²) in [5.41, 5.74) is 0.679. The number of benzene rings is 1. The fourth-order valence-electron chi connectivity index (χ4n) is 1.17. The fourth-order valence-corrected chi connectivity index (χ4v) is 1.17. The molecule has 1 aromatic carbocycles. The van der Waals surface area contributed by atoms with Crippen molar-refractivity contribution in [1.82, 2.24) is 9.78 Å². The molecule has 0 radical (unpaired) electrons. The molecule has 1 heterocycles. The maximum atomic E-state index is 11.0. The predicted octanol–water partition coefficient (Wildman–Crippen LogP) is 0.895. The van der Waals surface area contributed by atoms with E-state index < -0.39 is 6.09 Å². The molecule has 0 fully saturated rings. The third-order valence-corrected chi connectivity index (χ3v) is 1.75. The number of para-hydroxylation sites is 1. The number of rotatable bonds is 0. The van der Waals surface area contributed by atoms with Gasteiger partial charge >= 0.3 is 6.09 Å². The molecule has 0 unspecified atom stereocenters. The van der Waals surface area contributed by atoms with Crippen LogP contribution in [0.5, 0.6) is 0 Å². The lowest BCUT2D eigenvalue weighted by Gasteiger charge is -1.97. The molecule has 66 valence electrons. The van der Waals surface area contributed by atoms with E-state index in [4.69, 9.17) is 5.90 Å². The number of fused-ring (bicyclic) bond motifs is 1. The standard InChI is InChI=1S/C8H7N3O2/c9-13-8(12)11-7-4-2-1-3-6(7)5-10-11/h1-5H,9H2. The Bertz CT molecular complexity index is 449. The van der Waals surface area contributed by atoms with Crippen molar-refractivity contribution >= 4 is 17.0 Å². The largest absolute Gasteiger partial charge is 0.453 e. The Labute approximate surface area is 73.7 Å². The van der Waals surface area contributed by atoms with Crippen molar-refractivity contribution in [2.75, 3.05) is 0 Å². The average molecular weight is 177 g/mol. The second kappa shape index (κ2) is 2.87. The zero-order valence-electron chi connectivity index (χ0n) is 6.68. The third kappa shape index (κ3) is 1.15. The van der Waals surface area contributed by atoms with Gasteiger partial charge in [0, 0.05) is 5.39 Å². The van der Waals surface area contributed by atoms with Gasteiger partial charge in [-0.25, -0.2) is 4.79 Å². The fraction of sp³-hybridized carbons (Fsp3) is 0. The molecular formula is C8H7N3O2. The van der Waals surface area contributed by atoms with Crippen LogP contribution in [0.2, 0.25) is 0 Å². The first-order chi connectivity index (χ1) is 6.33. The first-order valence-electron chi connectivity index (χ1n) is 3.67. The Morgan fingerprint density at radius 2 is 2.23 bits per heavy atom. The highest BCUT2D eigenvalue weighted by Gasteiger charge is 2.09. The zero-order valence-corrected chi connectivity index (χ0v) is 6.68. The number of nitrogens with zero attached hydrogens (tertiary/aromatic N) is 2. The predicted molar refractivity (Wildman–Crippen MR) is 45.8 cm³/mol. The van der Waals surface area contributed by atoms with E-state index in [0.717, 1.165) is 10.1 Å². The minimum absolute atomic E-state index is 0.679. The van der Waals surface area contributed by atoms with Gasteiger partial charge in [-0.1, -0.05) is 18.2 Å². The van der Waals surface area contributed by atoms with Gasteiger partial charge in [0.1, 0.15) is 0 Å². The van der Waals surface area contributed by atoms with Gasteiger partial charge in [-0.15, -0.1) is 0 Å². The molecule has 0 aliphatic carbocycles. The summed E-state index contributed by atoms with van der Waals surface area (Å²) in [5.74, 6) is 4.74. The summed E-state index contributed by atoms with van der Waals surface area (Å²) in [4.78, 5) is 15.1. The summed E-state index contributed by atoms with van der Waals surface area (Å²) in [7, 11) is 0. The number of hydrogen-bond acceptors (Lipinski definition) is 4. The normalized spacial score (nSPS) is 10.2. The highest BCUT2D eigenvalue weighted by Crippen LogP contribution is 2.12. The second-order valence-corrected chi connectivity index (χ2v) is 2.50. The van der Waals surface area contributed by atoms with Crippen molar-refractivity contribution in [3.05, 3.63) is 30.5 Å². The summed E-state index contributed by atoms with van der Waals surface area (Å²) in [6.45, 7) is 0. The van der Waals surface area contributed by atoms with Crippen molar-refractivity contribution in [3.63, 3.8) is 0 Å². The number of hydrogen-bond donors (Lipinski definition) is 1. The summed E-state index contributed by atoms with van der Waals surface area (Å²) in [5, 5.41) is 4.70. The molecule has 0 amide bonds. The van der Waals surface area contributed by atoms with Crippen LogP contribution in [0.25, 0.3) is 10.9 Å².